The minimum atomic E-state index is -0.225. The Labute approximate surface area is 105 Å². The van der Waals surface area contributed by atoms with Crippen LogP contribution in [0.25, 0.3) is 5.82 Å². The van der Waals surface area contributed by atoms with Crippen LogP contribution in [0.3, 0.4) is 0 Å². The molecule has 2 aromatic rings. The molecular weight excluding hydrogens is 230 g/mol. The van der Waals surface area contributed by atoms with Gasteiger partial charge in [0.05, 0.1) is 18.1 Å². The summed E-state index contributed by atoms with van der Waals surface area (Å²) in [7, 11) is 0. The van der Waals surface area contributed by atoms with Gasteiger partial charge in [-0.05, 0) is 18.6 Å². The zero-order valence-corrected chi connectivity index (χ0v) is 10.1. The Bertz CT molecular complexity index is 508. The van der Waals surface area contributed by atoms with Crippen molar-refractivity contribution in [2.75, 3.05) is 11.9 Å². The fourth-order valence-electron chi connectivity index (χ4n) is 1.42. The molecule has 0 fully saturated rings. The zero-order chi connectivity index (χ0) is 12.8. The number of pyridine rings is 1. The Morgan fingerprint density at radius 1 is 1.44 bits per heavy atom. The van der Waals surface area contributed by atoms with Gasteiger partial charge in [-0.3, -0.25) is 0 Å². The van der Waals surface area contributed by atoms with Gasteiger partial charge in [0.1, 0.15) is 0 Å². The van der Waals surface area contributed by atoms with Gasteiger partial charge in [-0.1, -0.05) is 13.0 Å². The molecule has 6 nitrogen and oxygen atoms in total. The quantitative estimate of drug-likeness (QED) is 0.862. The number of anilines is 1. The molecule has 2 N–H and O–H groups in total. The number of aromatic nitrogens is 3. The van der Waals surface area contributed by atoms with Crippen molar-refractivity contribution in [3.05, 3.63) is 36.8 Å². The number of rotatable bonds is 4. The van der Waals surface area contributed by atoms with E-state index in [1.165, 1.54) is 0 Å². The first-order valence-corrected chi connectivity index (χ1v) is 5.80. The van der Waals surface area contributed by atoms with Gasteiger partial charge >= 0.3 is 6.03 Å². The first kappa shape index (κ1) is 12.1. The highest BCUT2D eigenvalue weighted by molar-refractivity contribution is 5.88. The summed E-state index contributed by atoms with van der Waals surface area (Å²) < 4.78 is 1.61. The molecule has 0 saturated heterocycles. The highest BCUT2D eigenvalue weighted by Gasteiger charge is 2.04. The van der Waals surface area contributed by atoms with Crippen molar-refractivity contribution in [1.82, 2.24) is 20.1 Å². The average Bonchev–Trinajstić information content (AvgIpc) is 2.86. The molecule has 18 heavy (non-hydrogen) atoms. The van der Waals surface area contributed by atoms with E-state index in [4.69, 9.17) is 0 Å². The topological polar surface area (TPSA) is 71.8 Å². The highest BCUT2D eigenvalue weighted by atomic mass is 16.2. The van der Waals surface area contributed by atoms with Crippen LogP contribution in [-0.4, -0.2) is 27.3 Å². The van der Waals surface area contributed by atoms with Gasteiger partial charge in [0.2, 0.25) is 0 Å². The number of nitrogens with one attached hydrogen (secondary N) is 2. The summed E-state index contributed by atoms with van der Waals surface area (Å²) in [5, 5.41) is 9.56. The number of carbonyl (C=O) groups is 1. The lowest BCUT2D eigenvalue weighted by Crippen LogP contribution is -2.28. The molecule has 0 aliphatic carbocycles. The number of hydrogen-bond acceptors (Lipinski definition) is 3. The minimum Gasteiger partial charge on any atom is -0.338 e. The monoisotopic (exact) mass is 245 g/mol. The molecule has 2 aromatic heterocycles. The number of amides is 2. The van der Waals surface area contributed by atoms with Crippen LogP contribution in [0.5, 0.6) is 0 Å². The summed E-state index contributed by atoms with van der Waals surface area (Å²) in [6, 6.07) is 5.33. The molecule has 0 atom stereocenters. The largest absolute Gasteiger partial charge is 0.338 e. The van der Waals surface area contributed by atoms with E-state index in [2.05, 4.69) is 20.7 Å². The van der Waals surface area contributed by atoms with Crippen molar-refractivity contribution in [2.45, 2.75) is 13.3 Å². The van der Waals surface area contributed by atoms with E-state index in [-0.39, 0.29) is 6.03 Å². The lowest BCUT2D eigenvalue weighted by molar-refractivity contribution is 0.252. The van der Waals surface area contributed by atoms with E-state index in [1.807, 2.05) is 25.1 Å². The van der Waals surface area contributed by atoms with Crippen molar-refractivity contribution in [3.63, 3.8) is 0 Å². The average molecular weight is 245 g/mol. The Morgan fingerprint density at radius 2 is 2.33 bits per heavy atom. The molecule has 2 amide bonds. The molecule has 0 aliphatic heterocycles. The van der Waals surface area contributed by atoms with E-state index in [9.17, 15) is 4.79 Å². The van der Waals surface area contributed by atoms with Crippen LogP contribution in [0.4, 0.5) is 10.5 Å². The van der Waals surface area contributed by atoms with Crippen molar-refractivity contribution in [2.24, 2.45) is 0 Å². The first-order chi connectivity index (χ1) is 8.79. The van der Waals surface area contributed by atoms with Crippen molar-refractivity contribution < 1.29 is 4.79 Å². The maximum Gasteiger partial charge on any atom is 0.319 e. The Morgan fingerprint density at radius 3 is 3.06 bits per heavy atom. The Balaban J connectivity index is 2.00. The predicted octanol–water partition coefficient (Wildman–Crippen LogP) is 1.80. The van der Waals surface area contributed by atoms with Gasteiger partial charge in [-0.25, -0.2) is 14.5 Å². The molecule has 0 radical (unpaired) electrons. The molecule has 2 rings (SSSR count). The molecule has 94 valence electrons. The van der Waals surface area contributed by atoms with Crippen LogP contribution in [0.2, 0.25) is 0 Å². The lowest BCUT2D eigenvalue weighted by atomic mass is 10.4. The van der Waals surface area contributed by atoms with E-state index >= 15 is 0 Å². The second kappa shape index (κ2) is 5.81. The first-order valence-electron chi connectivity index (χ1n) is 5.80. The minimum absolute atomic E-state index is 0.225. The third-order valence-electron chi connectivity index (χ3n) is 2.26. The van der Waals surface area contributed by atoms with Gasteiger partial charge in [0.15, 0.2) is 5.82 Å². The number of nitrogens with zero attached hydrogens (tertiary/aromatic N) is 3. The summed E-state index contributed by atoms with van der Waals surface area (Å²) in [6.07, 6.45) is 5.90. The SMILES string of the molecule is CCCNC(=O)Nc1cnn(-c2ccccn2)c1. The van der Waals surface area contributed by atoms with Crippen LogP contribution < -0.4 is 10.6 Å². The van der Waals surface area contributed by atoms with E-state index in [0.29, 0.717) is 18.1 Å². The molecule has 0 aromatic carbocycles. The third kappa shape index (κ3) is 3.07. The van der Waals surface area contributed by atoms with Crippen LogP contribution in [-0.2, 0) is 0 Å². The Hall–Kier alpha value is -2.37. The second-order valence-electron chi connectivity index (χ2n) is 3.74. The van der Waals surface area contributed by atoms with E-state index in [1.54, 1.807) is 23.3 Å². The summed E-state index contributed by atoms with van der Waals surface area (Å²) in [4.78, 5) is 15.6. The maximum atomic E-state index is 11.4. The van der Waals surface area contributed by atoms with Gasteiger partial charge in [-0.15, -0.1) is 0 Å². The normalized spacial score (nSPS) is 10.1. The predicted molar refractivity (Wildman–Crippen MR) is 68.7 cm³/mol. The zero-order valence-electron chi connectivity index (χ0n) is 10.1. The number of carbonyl (C=O) groups excluding carboxylic acids is 1. The summed E-state index contributed by atoms with van der Waals surface area (Å²) in [5.74, 6) is 0.708. The third-order valence-corrected chi connectivity index (χ3v) is 2.26. The van der Waals surface area contributed by atoms with Crippen molar-refractivity contribution in [1.29, 1.82) is 0 Å². The number of urea groups is 1. The smallest absolute Gasteiger partial charge is 0.319 e. The van der Waals surface area contributed by atoms with Gasteiger partial charge < -0.3 is 10.6 Å². The fourth-order valence-corrected chi connectivity index (χ4v) is 1.42. The van der Waals surface area contributed by atoms with E-state index in [0.717, 1.165) is 6.42 Å². The molecule has 0 spiro atoms. The standard InChI is InChI=1S/C12H15N5O/c1-2-6-14-12(18)16-10-8-15-17(9-10)11-5-3-4-7-13-11/h3-5,7-9H,2,6H2,1H3,(H2,14,16,18). The lowest BCUT2D eigenvalue weighted by Gasteiger charge is -2.03. The van der Waals surface area contributed by atoms with E-state index < -0.39 is 0 Å². The van der Waals surface area contributed by atoms with Crippen molar-refractivity contribution >= 4 is 11.7 Å². The van der Waals surface area contributed by atoms with Gasteiger partial charge in [-0.2, -0.15) is 5.10 Å². The summed E-state index contributed by atoms with van der Waals surface area (Å²) in [6.45, 7) is 2.65. The molecule has 6 heteroatoms. The van der Waals surface area contributed by atoms with Crippen LogP contribution in [0.15, 0.2) is 36.8 Å². The van der Waals surface area contributed by atoms with Crippen LogP contribution in [0, 0.1) is 0 Å². The van der Waals surface area contributed by atoms with Gasteiger partial charge in [0, 0.05) is 12.7 Å². The molecule has 0 aliphatic rings. The van der Waals surface area contributed by atoms with Crippen LogP contribution in [0.1, 0.15) is 13.3 Å². The second-order valence-corrected chi connectivity index (χ2v) is 3.74. The summed E-state index contributed by atoms with van der Waals surface area (Å²) in [5.41, 5.74) is 0.634. The summed E-state index contributed by atoms with van der Waals surface area (Å²) >= 11 is 0. The molecule has 0 bridgehead atoms. The fraction of sp³-hybridized carbons (Fsp3) is 0.250. The van der Waals surface area contributed by atoms with Gasteiger partial charge in [0.25, 0.3) is 0 Å². The maximum absolute atomic E-state index is 11.4. The van der Waals surface area contributed by atoms with Crippen LogP contribution >= 0.6 is 0 Å². The van der Waals surface area contributed by atoms with Crippen molar-refractivity contribution in [3.8, 4) is 5.82 Å². The molecule has 0 saturated carbocycles. The Kier molecular flexibility index (Phi) is 3.90. The molecule has 0 unspecified atom stereocenters. The molecular formula is C12H15N5O. The highest BCUT2D eigenvalue weighted by Crippen LogP contribution is 2.08. The molecule has 2 heterocycles. The number of hydrogen-bond donors (Lipinski definition) is 2.